The molecule has 0 heterocycles. The SMILES string of the molecule is COc1cc(C(=O)NC(CN)C2CCCCC2)cc(NC(C)=O)c1OC. The van der Waals surface area contributed by atoms with Crippen molar-refractivity contribution in [3.05, 3.63) is 17.7 Å². The highest BCUT2D eigenvalue weighted by atomic mass is 16.5. The number of carbonyl (C=O) groups excluding carboxylic acids is 2. The van der Waals surface area contributed by atoms with Crippen LogP contribution in [0.3, 0.4) is 0 Å². The number of hydrogen-bond donors (Lipinski definition) is 3. The van der Waals surface area contributed by atoms with Gasteiger partial charge >= 0.3 is 0 Å². The van der Waals surface area contributed by atoms with E-state index in [4.69, 9.17) is 15.2 Å². The van der Waals surface area contributed by atoms with Gasteiger partial charge in [-0.1, -0.05) is 19.3 Å². The van der Waals surface area contributed by atoms with Crippen LogP contribution in [-0.2, 0) is 4.79 Å². The predicted octanol–water partition coefficient (Wildman–Crippen LogP) is 2.30. The highest BCUT2D eigenvalue weighted by Crippen LogP contribution is 2.36. The van der Waals surface area contributed by atoms with E-state index >= 15 is 0 Å². The number of nitrogens with one attached hydrogen (secondary N) is 2. The summed E-state index contributed by atoms with van der Waals surface area (Å²) in [7, 11) is 2.97. The van der Waals surface area contributed by atoms with Crippen LogP contribution in [0.5, 0.6) is 11.5 Å². The number of anilines is 1. The van der Waals surface area contributed by atoms with Crippen molar-refractivity contribution in [3.8, 4) is 11.5 Å². The molecule has 1 unspecified atom stereocenters. The molecule has 0 saturated heterocycles. The molecule has 2 rings (SSSR count). The molecule has 0 aliphatic heterocycles. The zero-order chi connectivity index (χ0) is 19.1. The molecule has 0 aromatic heterocycles. The van der Waals surface area contributed by atoms with E-state index in [-0.39, 0.29) is 17.9 Å². The Morgan fingerprint density at radius 1 is 1.19 bits per heavy atom. The minimum absolute atomic E-state index is 0.0555. The summed E-state index contributed by atoms with van der Waals surface area (Å²) in [5.74, 6) is 0.670. The highest BCUT2D eigenvalue weighted by molar-refractivity contribution is 5.99. The average Bonchev–Trinajstić information content (AvgIpc) is 2.65. The average molecular weight is 363 g/mol. The van der Waals surface area contributed by atoms with Crippen molar-refractivity contribution < 1.29 is 19.1 Å². The lowest BCUT2D eigenvalue weighted by Gasteiger charge is -2.30. The molecule has 1 aromatic carbocycles. The molecule has 1 atom stereocenters. The van der Waals surface area contributed by atoms with E-state index in [9.17, 15) is 9.59 Å². The highest BCUT2D eigenvalue weighted by Gasteiger charge is 2.25. The van der Waals surface area contributed by atoms with Crippen LogP contribution in [0.1, 0.15) is 49.4 Å². The first-order valence-electron chi connectivity index (χ1n) is 9.04. The van der Waals surface area contributed by atoms with Crippen molar-refractivity contribution in [1.29, 1.82) is 0 Å². The Bertz CT molecular complexity index is 642. The van der Waals surface area contributed by atoms with Gasteiger partial charge in [0.15, 0.2) is 11.5 Å². The predicted molar refractivity (Wildman–Crippen MR) is 101 cm³/mol. The van der Waals surface area contributed by atoms with Crippen LogP contribution in [-0.4, -0.2) is 38.6 Å². The van der Waals surface area contributed by atoms with E-state index in [0.29, 0.717) is 35.2 Å². The molecule has 0 spiro atoms. The van der Waals surface area contributed by atoms with Gasteiger partial charge in [0.05, 0.1) is 19.9 Å². The first kappa shape index (κ1) is 20.0. The van der Waals surface area contributed by atoms with Gasteiger partial charge in [-0.2, -0.15) is 0 Å². The normalized spacial score (nSPS) is 15.8. The minimum atomic E-state index is -0.259. The van der Waals surface area contributed by atoms with Gasteiger partial charge in [0, 0.05) is 25.1 Å². The van der Waals surface area contributed by atoms with Crippen molar-refractivity contribution in [2.75, 3.05) is 26.1 Å². The van der Waals surface area contributed by atoms with Crippen molar-refractivity contribution in [1.82, 2.24) is 5.32 Å². The Kier molecular flexibility index (Phi) is 7.26. The molecule has 1 fully saturated rings. The van der Waals surface area contributed by atoms with Crippen molar-refractivity contribution >= 4 is 17.5 Å². The Morgan fingerprint density at radius 3 is 2.42 bits per heavy atom. The molecule has 1 aromatic rings. The van der Waals surface area contributed by atoms with Gasteiger partial charge < -0.3 is 25.8 Å². The molecule has 1 aliphatic carbocycles. The largest absolute Gasteiger partial charge is 0.493 e. The lowest BCUT2D eigenvalue weighted by molar-refractivity contribution is -0.114. The summed E-state index contributed by atoms with van der Waals surface area (Å²) in [4.78, 5) is 24.3. The zero-order valence-corrected chi connectivity index (χ0v) is 15.8. The van der Waals surface area contributed by atoms with E-state index in [1.807, 2.05) is 0 Å². The molecule has 1 aliphatic rings. The molecule has 2 amide bonds. The Labute approximate surface area is 154 Å². The summed E-state index contributed by atoms with van der Waals surface area (Å²) in [6.45, 7) is 1.80. The van der Waals surface area contributed by atoms with Gasteiger partial charge in [-0.15, -0.1) is 0 Å². The second-order valence-electron chi connectivity index (χ2n) is 6.65. The first-order valence-corrected chi connectivity index (χ1v) is 9.04. The molecule has 7 heteroatoms. The minimum Gasteiger partial charge on any atom is -0.493 e. The third-order valence-electron chi connectivity index (χ3n) is 4.84. The number of methoxy groups -OCH3 is 2. The fourth-order valence-electron chi connectivity index (χ4n) is 3.54. The number of hydrogen-bond acceptors (Lipinski definition) is 5. The topological polar surface area (TPSA) is 103 Å². The molecule has 4 N–H and O–H groups in total. The number of benzene rings is 1. The molecule has 0 radical (unpaired) electrons. The molecule has 1 saturated carbocycles. The Morgan fingerprint density at radius 2 is 1.88 bits per heavy atom. The maximum Gasteiger partial charge on any atom is 0.251 e. The Balaban J connectivity index is 2.24. The van der Waals surface area contributed by atoms with E-state index in [1.165, 1.54) is 40.4 Å². The number of nitrogens with two attached hydrogens (primary N) is 1. The maximum atomic E-state index is 12.8. The quantitative estimate of drug-likeness (QED) is 0.690. The van der Waals surface area contributed by atoms with E-state index < -0.39 is 0 Å². The monoisotopic (exact) mass is 363 g/mol. The number of carbonyl (C=O) groups is 2. The van der Waals surface area contributed by atoms with Crippen LogP contribution in [0.15, 0.2) is 12.1 Å². The number of amides is 2. The molecule has 144 valence electrons. The van der Waals surface area contributed by atoms with E-state index in [2.05, 4.69) is 10.6 Å². The van der Waals surface area contributed by atoms with E-state index in [0.717, 1.165) is 12.8 Å². The third kappa shape index (κ3) is 4.88. The van der Waals surface area contributed by atoms with Gasteiger partial charge in [-0.3, -0.25) is 9.59 Å². The van der Waals surface area contributed by atoms with Gasteiger partial charge in [0.25, 0.3) is 5.91 Å². The van der Waals surface area contributed by atoms with Crippen LogP contribution in [0.2, 0.25) is 0 Å². The zero-order valence-electron chi connectivity index (χ0n) is 15.8. The molecular weight excluding hydrogens is 334 g/mol. The molecule has 7 nitrogen and oxygen atoms in total. The van der Waals surface area contributed by atoms with Crippen molar-refractivity contribution in [3.63, 3.8) is 0 Å². The van der Waals surface area contributed by atoms with Gasteiger partial charge in [0.2, 0.25) is 5.91 Å². The summed E-state index contributed by atoms with van der Waals surface area (Å²) in [6, 6.07) is 3.14. The van der Waals surface area contributed by atoms with Crippen LogP contribution < -0.4 is 25.8 Å². The summed E-state index contributed by atoms with van der Waals surface area (Å²) in [5, 5.41) is 5.73. The standard InChI is InChI=1S/C19H29N3O4/c1-12(23)21-15-9-14(10-17(25-2)18(15)26-3)19(24)22-16(11-20)13-7-5-4-6-8-13/h9-10,13,16H,4-8,11,20H2,1-3H3,(H,21,23)(H,22,24). The van der Waals surface area contributed by atoms with Gasteiger partial charge in [0.1, 0.15) is 0 Å². The summed E-state index contributed by atoms with van der Waals surface area (Å²) in [6.07, 6.45) is 5.79. The summed E-state index contributed by atoms with van der Waals surface area (Å²) >= 11 is 0. The fraction of sp³-hybridized carbons (Fsp3) is 0.579. The summed E-state index contributed by atoms with van der Waals surface area (Å²) in [5.41, 5.74) is 6.70. The van der Waals surface area contributed by atoms with Gasteiger partial charge in [-0.05, 0) is 30.9 Å². The van der Waals surface area contributed by atoms with Gasteiger partial charge in [-0.25, -0.2) is 0 Å². The molecule has 0 bridgehead atoms. The lowest BCUT2D eigenvalue weighted by Crippen LogP contribution is -2.45. The van der Waals surface area contributed by atoms with Crippen LogP contribution in [0.4, 0.5) is 5.69 Å². The number of ether oxygens (including phenoxy) is 2. The van der Waals surface area contributed by atoms with E-state index in [1.54, 1.807) is 12.1 Å². The lowest BCUT2D eigenvalue weighted by atomic mass is 9.84. The number of rotatable bonds is 7. The molecular formula is C19H29N3O4. The van der Waals surface area contributed by atoms with Crippen molar-refractivity contribution in [2.24, 2.45) is 11.7 Å². The maximum absolute atomic E-state index is 12.8. The Hall–Kier alpha value is -2.28. The molecule has 26 heavy (non-hydrogen) atoms. The fourth-order valence-corrected chi connectivity index (χ4v) is 3.54. The second kappa shape index (κ2) is 9.43. The summed E-state index contributed by atoms with van der Waals surface area (Å²) < 4.78 is 10.6. The second-order valence-corrected chi connectivity index (χ2v) is 6.65. The van der Waals surface area contributed by atoms with Crippen molar-refractivity contribution in [2.45, 2.75) is 45.1 Å². The smallest absolute Gasteiger partial charge is 0.251 e. The van der Waals surface area contributed by atoms with Crippen LogP contribution in [0, 0.1) is 5.92 Å². The third-order valence-corrected chi connectivity index (χ3v) is 4.84. The van der Waals surface area contributed by atoms with Crippen LogP contribution in [0.25, 0.3) is 0 Å². The first-order chi connectivity index (χ1) is 12.5. The van der Waals surface area contributed by atoms with Crippen LogP contribution >= 0.6 is 0 Å².